The Morgan fingerprint density at radius 3 is 2.88 bits per heavy atom. The molecule has 128 valence electrons. The molecular formula is C18H19N5O2. The Bertz CT molecular complexity index is 877. The normalized spacial score (nSPS) is 11.8. The van der Waals surface area contributed by atoms with Gasteiger partial charge in [-0.15, -0.1) is 0 Å². The van der Waals surface area contributed by atoms with Crippen molar-refractivity contribution in [3.05, 3.63) is 60.4 Å². The standard InChI is InChI=1S/C18H19N5O2/c1-12-5-4-6-15(13(12)2)25-14(3)18(24)22-16-9-17(21-10-20-16)23-8-7-19-11-23/h4-11,14H,1-3H3,(H,20,21,22,24). The number of rotatable bonds is 5. The maximum absolute atomic E-state index is 12.4. The fraction of sp³-hybridized carbons (Fsp3) is 0.222. The number of amides is 1. The Labute approximate surface area is 145 Å². The summed E-state index contributed by atoms with van der Waals surface area (Å²) < 4.78 is 7.52. The van der Waals surface area contributed by atoms with Gasteiger partial charge in [0.05, 0.1) is 0 Å². The molecule has 25 heavy (non-hydrogen) atoms. The molecule has 3 rings (SSSR count). The summed E-state index contributed by atoms with van der Waals surface area (Å²) >= 11 is 0. The molecule has 7 heteroatoms. The number of carbonyl (C=O) groups is 1. The zero-order valence-electron chi connectivity index (χ0n) is 14.3. The van der Waals surface area contributed by atoms with Crippen LogP contribution in [-0.4, -0.2) is 31.5 Å². The predicted molar refractivity (Wildman–Crippen MR) is 93.8 cm³/mol. The maximum Gasteiger partial charge on any atom is 0.266 e. The van der Waals surface area contributed by atoms with E-state index in [1.54, 1.807) is 36.3 Å². The second kappa shape index (κ2) is 7.12. The van der Waals surface area contributed by atoms with E-state index >= 15 is 0 Å². The van der Waals surface area contributed by atoms with Crippen LogP contribution < -0.4 is 10.1 Å². The topological polar surface area (TPSA) is 81.9 Å². The summed E-state index contributed by atoms with van der Waals surface area (Å²) in [7, 11) is 0. The van der Waals surface area contributed by atoms with Crippen LogP contribution in [0.2, 0.25) is 0 Å². The summed E-state index contributed by atoms with van der Waals surface area (Å²) in [5.74, 6) is 1.44. The molecule has 7 nitrogen and oxygen atoms in total. The molecule has 0 fully saturated rings. The van der Waals surface area contributed by atoms with E-state index in [0.717, 1.165) is 11.1 Å². The van der Waals surface area contributed by atoms with Gasteiger partial charge in [0.1, 0.15) is 30.0 Å². The first kappa shape index (κ1) is 16.6. The monoisotopic (exact) mass is 337 g/mol. The zero-order valence-corrected chi connectivity index (χ0v) is 14.3. The van der Waals surface area contributed by atoms with Crippen LogP contribution in [0, 0.1) is 13.8 Å². The number of benzene rings is 1. The average molecular weight is 337 g/mol. The first-order valence-corrected chi connectivity index (χ1v) is 7.88. The summed E-state index contributed by atoms with van der Waals surface area (Å²) in [6.45, 7) is 5.68. The van der Waals surface area contributed by atoms with Crippen LogP contribution in [0.5, 0.6) is 5.75 Å². The fourth-order valence-corrected chi connectivity index (χ4v) is 2.27. The van der Waals surface area contributed by atoms with E-state index in [1.165, 1.54) is 6.33 Å². The number of aryl methyl sites for hydroxylation is 1. The molecule has 1 N–H and O–H groups in total. The number of hydrogen-bond donors (Lipinski definition) is 1. The van der Waals surface area contributed by atoms with Gasteiger partial charge in [0.25, 0.3) is 5.91 Å². The van der Waals surface area contributed by atoms with E-state index in [1.807, 2.05) is 32.0 Å². The Hall–Kier alpha value is -3.22. The number of anilines is 1. The number of nitrogens with zero attached hydrogens (tertiary/aromatic N) is 4. The maximum atomic E-state index is 12.4. The molecule has 3 aromatic rings. The molecule has 1 aromatic carbocycles. The molecule has 0 bridgehead atoms. The van der Waals surface area contributed by atoms with Gasteiger partial charge in [-0.05, 0) is 38.0 Å². The largest absolute Gasteiger partial charge is 0.481 e. The van der Waals surface area contributed by atoms with Crippen LogP contribution in [0.4, 0.5) is 5.82 Å². The second-order valence-electron chi connectivity index (χ2n) is 5.68. The lowest BCUT2D eigenvalue weighted by Crippen LogP contribution is -2.30. The zero-order chi connectivity index (χ0) is 17.8. The summed E-state index contributed by atoms with van der Waals surface area (Å²) in [6.07, 6.45) is 5.77. The second-order valence-corrected chi connectivity index (χ2v) is 5.68. The molecule has 0 saturated heterocycles. The van der Waals surface area contributed by atoms with E-state index in [-0.39, 0.29) is 5.91 Å². The van der Waals surface area contributed by atoms with E-state index < -0.39 is 6.10 Å². The summed E-state index contributed by atoms with van der Waals surface area (Å²) in [5, 5.41) is 2.75. The van der Waals surface area contributed by atoms with Crippen LogP contribution in [0.25, 0.3) is 5.82 Å². The van der Waals surface area contributed by atoms with Gasteiger partial charge in [0.15, 0.2) is 6.10 Å². The van der Waals surface area contributed by atoms with Crippen molar-refractivity contribution in [1.29, 1.82) is 0 Å². The van der Waals surface area contributed by atoms with Crippen molar-refractivity contribution in [1.82, 2.24) is 19.5 Å². The van der Waals surface area contributed by atoms with Gasteiger partial charge in [-0.3, -0.25) is 9.36 Å². The first-order valence-electron chi connectivity index (χ1n) is 7.88. The van der Waals surface area contributed by atoms with Crippen molar-refractivity contribution < 1.29 is 9.53 Å². The minimum Gasteiger partial charge on any atom is -0.481 e. The highest BCUT2D eigenvalue weighted by Gasteiger charge is 2.17. The van der Waals surface area contributed by atoms with Crippen LogP contribution in [0.15, 0.2) is 49.3 Å². The smallest absolute Gasteiger partial charge is 0.266 e. The number of ether oxygens (including phenoxy) is 1. The lowest BCUT2D eigenvalue weighted by atomic mass is 10.1. The van der Waals surface area contributed by atoms with Gasteiger partial charge in [0, 0.05) is 18.5 Å². The lowest BCUT2D eigenvalue weighted by molar-refractivity contribution is -0.122. The van der Waals surface area contributed by atoms with Crippen LogP contribution in [0.1, 0.15) is 18.1 Å². The van der Waals surface area contributed by atoms with Crippen molar-refractivity contribution in [2.45, 2.75) is 26.9 Å². The number of imidazole rings is 1. The van der Waals surface area contributed by atoms with Crippen molar-refractivity contribution in [3.63, 3.8) is 0 Å². The van der Waals surface area contributed by atoms with E-state index in [0.29, 0.717) is 17.4 Å². The number of carbonyl (C=O) groups excluding carboxylic acids is 1. The third kappa shape index (κ3) is 3.82. The van der Waals surface area contributed by atoms with Gasteiger partial charge < -0.3 is 10.1 Å². The summed E-state index contributed by atoms with van der Waals surface area (Å²) in [6, 6.07) is 7.44. The summed E-state index contributed by atoms with van der Waals surface area (Å²) in [4.78, 5) is 24.6. The lowest BCUT2D eigenvalue weighted by Gasteiger charge is -2.17. The Kier molecular flexibility index (Phi) is 4.74. The molecule has 1 amide bonds. The molecule has 0 aliphatic carbocycles. The number of aromatic nitrogens is 4. The van der Waals surface area contributed by atoms with Gasteiger partial charge in [-0.1, -0.05) is 12.1 Å². The minimum absolute atomic E-state index is 0.281. The SMILES string of the molecule is Cc1cccc(OC(C)C(=O)Nc2cc(-n3ccnc3)ncn2)c1C. The van der Waals surface area contributed by atoms with E-state index in [9.17, 15) is 4.79 Å². The molecule has 0 saturated carbocycles. The van der Waals surface area contributed by atoms with Crippen LogP contribution in [0.3, 0.4) is 0 Å². The molecule has 1 atom stereocenters. The van der Waals surface area contributed by atoms with Crippen LogP contribution in [-0.2, 0) is 4.79 Å². The molecule has 0 radical (unpaired) electrons. The van der Waals surface area contributed by atoms with Crippen molar-refractivity contribution in [3.8, 4) is 11.6 Å². The molecule has 2 heterocycles. The van der Waals surface area contributed by atoms with Crippen molar-refractivity contribution in [2.24, 2.45) is 0 Å². The molecule has 0 aliphatic rings. The Morgan fingerprint density at radius 2 is 2.12 bits per heavy atom. The quantitative estimate of drug-likeness (QED) is 0.774. The highest BCUT2D eigenvalue weighted by atomic mass is 16.5. The van der Waals surface area contributed by atoms with Crippen molar-refractivity contribution in [2.75, 3.05) is 5.32 Å². The minimum atomic E-state index is -0.660. The van der Waals surface area contributed by atoms with Gasteiger partial charge in [0.2, 0.25) is 0 Å². The average Bonchev–Trinajstić information content (AvgIpc) is 3.14. The van der Waals surface area contributed by atoms with Gasteiger partial charge >= 0.3 is 0 Å². The fourth-order valence-electron chi connectivity index (χ4n) is 2.27. The van der Waals surface area contributed by atoms with Crippen LogP contribution >= 0.6 is 0 Å². The first-order chi connectivity index (χ1) is 12.0. The van der Waals surface area contributed by atoms with E-state index in [4.69, 9.17) is 4.74 Å². The Balaban J connectivity index is 1.69. The van der Waals surface area contributed by atoms with Crippen molar-refractivity contribution >= 4 is 11.7 Å². The molecule has 0 spiro atoms. The molecule has 0 aliphatic heterocycles. The number of hydrogen-bond acceptors (Lipinski definition) is 5. The third-order valence-electron chi connectivity index (χ3n) is 3.90. The van der Waals surface area contributed by atoms with Gasteiger partial charge in [-0.25, -0.2) is 15.0 Å². The predicted octanol–water partition coefficient (Wildman–Crippen LogP) is 2.69. The molecule has 2 aromatic heterocycles. The number of nitrogens with one attached hydrogen (secondary N) is 1. The Morgan fingerprint density at radius 1 is 1.28 bits per heavy atom. The molecular weight excluding hydrogens is 318 g/mol. The van der Waals surface area contributed by atoms with E-state index in [2.05, 4.69) is 20.3 Å². The van der Waals surface area contributed by atoms with Gasteiger partial charge in [-0.2, -0.15) is 0 Å². The highest BCUT2D eigenvalue weighted by Crippen LogP contribution is 2.22. The molecule has 1 unspecified atom stereocenters. The highest BCUT2D eigenvalue weighted by molar-refractivity contribution is 5.93. The third-order valence-corrected chi connectivity index (χ3v) is 3.90. The summed E-state index contributed by atoms with van der Waals surface area (Å²) in [5.41, 5.74) is 2.14.